The van der Waals surface area contributed by atoms with E-state index >= 15 is 0 Å². The summed E-state index contributed by atoms with van der Waals surface area (Å²) in [7, 11) is 3.12. The molecule has 29 heavy (non-hydrogen) atoms. The first-order chi connectivity index (χ1) is 13.7. The average molecular weight is 413 g/mol. The van der Waals surface area contributed by atoms with E-state index in [-0.39, 0.29) is 21.5 Å². The number of carbonyl (C=O) groups excluding carboxylic acids is 1. The lowest BCUT2D eigenvalue weighted by molar-refractivity contribution is -0.118. The van der Waals surface area contributed by atoms with Crippen molar-refractivity contribution in [2.75, 3.05) is 19.5 Å². The molecule has 4 rings (SSSR count). The number of hydrogen-bond acceptors (Lipinski definition) is 6. The van der Waals surface area contributed by atoms with Crippen LogP contribution in [-0.4, -0.2) is 30.0 Å². The number of H-pyrrole nitrogens is 2. The molecule has 2 heterocycles. The van der Waals surface area contributed by atoms with E-state index in [1.165, 1.54) is 0 Å². The van der Waals surface area contributed by atoms with Crippen molar-refractivity contribution >= 4 is 23.8 Å². The number of ether oxygens (including phenoxy) is 2. The van der Waals surface area contributed by atoms with E-state index in [4.69, 9.17) is 21.7 Å². The van der Waals surface area contributed by atoms with Crippen molar-refractivity contribution in [1.82, 2.24) is 9.97 Å². The van der Waals surface area contributed by atoms with Crippen molar-refractivity contribution in [3.05, 3.63) is 55.7 Å². The first-order valence-electron chi connectivity index (χ1n) is 9.36. The van der Waals surface area contributed by atoms with Gasteiger partial charge in [0.05, 0.1) is 19.8 Å². The molecule has 0 saturated carbocycles. The molecule has 0 radical (unpaired) electrons. The third-order valence-electron chi connectivity index (χ3n) is 5.49. The predicted molar refractivity (Wildman–Crippen MR) is 112 cm³/mol. The standard InChI is InChI=1S/C21H23N3O4S/c1-21(2)8-11-16(12(25)9-21)15(10-5-6-13(27-3)14(7-10)28-4)17-18(22-11)23-20(29)24-19(17)26/h5-7,15H,8-9H2,1-4H3,(H3,22,23,24,26,29)/t15-/m0/s1. The van der Waals surface area contributed by atoms with Gasteiger partial charge in [0.2, 0.25) is 0 Å². The Labute approximate surface area is 173 Å². The fourth-order valence-electron chi connectivity index (χ4n) is 4.31. The zero-order valence-electron chi connectivity index (χ0n) is 16.8. The van der Waals surface area contributed by atoms with Gasteiger partial charge in [0.25, 0.3) is 5.56 Å². The summed E-state index contributed by atoms with van der Waals surface area (Å²) in [5.41, 5.74) is 2.19. The second kappa shape index (κ2) is 6.88. The van der Waals surface area contributed by atoms with Gasteiger partial charge in [0.1, 0.15) is 5.82 Å². The summed E-state index contributed by atoms with van der Waals surface area (Å²) in [6.45, 7) is 4.13. The van der Waals surface area contributed by atoms with Gasteiger partial charge < -0.3 is 19.8 Å². The normalized spacial score (nSPS) is 19.9. The van der Waals surface area contributed by atoms with E-state index in [1.54, 1.807) is 20.3 Å². The molecule has 1 aromatic heterocycles. The van der Waals surface area contributed by atoms with E-state index in [0.29, 0.717) is 41.3 Å². The van der Waals surface area contributed by atoms with Crippen LogP contribution in [0.25, 0.3) is 0 Å². The number of allylic oxidation sites excluding steroid dienone is 2. The Hall–Kier alpha value is -2.87. The zero-order valence-corrected chi connectivity index (χ0v) is 17.6. The van der Waals surface area contributed by atoms with Gasteiger partial charge in [0, 0.05) is 23.6 Å². The van der Waals surface area contributed by atoms with Crippen molar-refractivity contribution in [1.29, 1.82) is 0 Å². The number of benzene rings is 1. The lowest BCUT2D eigenvalue weighted by Crippen LogP contribution is -2.36. The molecule has 152 valence electrons. The number of methoxy groups -OCH3 is 2. The summed E-state index contributed by atoms with van der Waals surface area (Å²) in [6.07, 6.45) is 1.12. The van der Waals surface area contributed by atoms with E-state index < -0.39 is 5.92 Å². The molecule has 1 aliphatic carbocycles. The molecule has 0 fully saturated rings. The summed E-state index contributed by atoms with van der Waals surface area (Å²) < 4.78 is 11.0. The summed E-state index contributed by atoms with van der Waals surface area (Å²) in [5.74, 6) is 1.16. The van der Waals surface area contributed by atoms with Crippen LogP contribution in [0, 0.1) is 10.2 Å². The van der Waals surface area contributed by atoms with Crippen LogP contribution in [-0.2, 0) is 4.79 Å². The maximum absolute atomic E-state index is 13.2. The van der Waals surface area contributed by atoms with Crippen LogP contribution in [0.3, 0.4) is 0 Å². The van der Waals surface area contributed by atoms with Gasteiger partial charge in [0.15, 0.2) is 22.1 Å². The maximum Gasteiger partial charge on any atom is 0.257 e. The van der Waals surface area contributed by atoms with Crippen LogP contribution in [0.4, 0.5) is 5.82 Å². The number of ketones is 1. The molecule has 2 aliphatic rings. The molecule has 0 spiro atoms. The van der Waals surface area contributed by atoms with Gasteiger partial charge in [-0.05, 0) is 41.7 Å². The predicted octanol–water partition coefficient (Wildman–Crippen LogP) is 3.65. The van der Waals surface area contributed by atoms with Crippen molar-refractivity contribution in [2.24, 2.45) is 5.41 Å². The third kappa shape index (κ3) is 3.27. The smallest absolute Gasteiger partial charge is 0.257 e. The number of Topliss-reactive ketones (excluding diaryl/α,β-unsaturated/α-hetero) is 1. The largest absolute Gasteiger partial charge is 0.493 e. The maximum atomic E-state index is 13.2. The monoisotopic (exact) mass is 413 g/mol. The van der Waals surface area contributed by atoms with Crippen molar-refractivity contribution in [3.63, 3.8) is 0 Å². The molecular weight excluding hydrogens is 390 g/mol. The Balaban J connectivity index is 1.99. The SMILES string of the molecule is COc1ccc([C@H]2C3=C(CC(C)(C)CC3=O)Nc3[nH]c(=S)[nH]c(=O)c32)cc1OC. The summed E-state index contributed by atoms with van der Waals surface area (Å²) >= 11 is 5.16. The number of nitrogens with one attached hydrogen (secondary N) is 3. The average Bonchev–Trinajstić information content (AvgIpc) is 2.64. The van der Waals surface area contributed by atoms with Crippen LogP contribution in [0.5, 0.6) is 11.5 Å². The number of fused-ring (bicyclic) bond motifs is 1. The van der Waals surface area contributed by atoms with Crippen LogP contribution in [0.2, 0.25) is 0 Å². The molecule has 2 aromatic rings. The molecule has 0 unspecified atom stereocenters. The summed E-state index contributed by atoms with van der Waals surface area (Å²) in [5, 5.41) is 3.28. The molecule has 1 aliphatic heterocycles. The van der Waals surface area contributed by atoms with Gasteiger partial charge in [-0.2, -0.15) is 0 Å². The Bertz CT molecular complexity index is 1160. The molecule has 0 bridgehead atoms. The molecule has 1 atom stereocenters. The van der Waals surface area contributed by atoms with Gasteiger partial charge in [-0.1, -0.05) is 19.9 Å². The van der Waals surface area contributed by atoms with E-state index in [1.807, 2.05) is 12.1 Å². The van der Waals surface area contributed by atoms with E-state index in [0.717, 1.165) is 11.3 Å². The van der Waals surface area contributed by atoms with Crippen LogP contribution >= 0.6 is 12.2 Å². The van der Waals surface area contributed by atoms with Crippen LogP contribution in [0.1, 0.15) is 43.7 Å². The van der Waals surface area contributed by atoms with Crippen molar-refractivity contribution in [3.8, 4) is 11.5 Å². The lowest BCUT2D eigenvalue weighted by Gasteiger charge is -2.38. The molecule has 3 N–H and O–H groups in total. The highest BCUT2D eigenvalue weighted by molar-refractivity contribution is 7.71. The van der Waals surface area contributed by atoms with Gasteiger partial charge >= 0.3 is 0 Å². The zero-order chi connectivity index (χ0) is 20.9. The molecule has 0 saturated heterocycles. The summed E-state index contributed by atoms with van der Waals surface area (Å²) in [4.78, 5) is 31.8. The number of aromatic amines is 2. The molecule has 1 aromatic carbocycles. The first-order valence-corrected chi connectivity index (χ1v) is 9.76. The fraction of sp³-hybridized carbons (Fsp3) is 0.381. The Kier molecular flexibility index (Phi) is 4.61. The Morgan fingerprint density at radius 3 is 2.48 bits per heavy atom. The molecular formula is C21H23N3O4S. The van der Waals surface area contributed by atoms with Crippen LogP contribution < -0.4 is 20.3 Å². The quantitative estimate of drug-likeness (QED) is 0.665. The topological polar surface area (TPSA) is 96.2 Å². The first kappa shape index (κ1) is 19.4. The van der Waals surface area contributed by atoms with Gasteiger partial charge in [-0.3, -0.25) is 14.6 Å². The minimum atomic E-state index is -0.528. The number of carbonyl (C=O) groups is 1. The van der Waals surface area contributed by atoms with Crippen molar-refractivity contribution < 1.29 is 14.3 Å². The number of anilines is 1. The lowest BCUT2D eigenvalue weighted by atomic mass is 9.69. The second-order valence-corrected chi connectivity index (χ2v) is 8.61. The number of hydrogen-bond donors (Lipinski definition) is 3. The molecule has 0 amide bonds. The Morgan fingerprint density at radius 2 is 1.79 bits per heavy atom. The van der Waals surface area contributed by atoms with E-state index in [2.05, 4.69) is 29.1 Å². The number of rotatable bonds is 3. The molecule has 8 heteroatoms. The van der Waals surface area contributed by atoms with Gasteiger partial charge in [-0.25, -0.2) is 0 Å². The highest BCUT2D eigenvalue weighted by atomic mass is 32.1. The van der Waals surface area contributed by atoms with Crippen LogP contribution in [0.15, 0.2) is 34.3 Å². The fourth-order valence-corrected chi connectivity index (χ4v) is 4.51. The Morgan fingerprint density at radius 1 is 1.07 bits per heavy atom. The van der Waals surface area contributed by atoms with Crippen molar-refractivity contribution in [2.45, 2.75) is 32.6 Å². The highest BCUT2D eigenvalue weighted by Crippen LogP contribution is 2.48. The van der Waals surface area contributed by atoms with E-state index in [9.17, 15) is 9.59 Å². The minimum absolute atomic E-state index is 0.0380. The second-order valence-electron chi connectivity index (χ2n) is 8.20. The summed E-state index contributed by atoms with van der Waals surface area (Å²) in [6, 6.07) is 5.46. The number of aromatic nitrogens is 2. The minimum Gasteiger partial charge on any atom is -0.493 e. The molecule has 7 nitrogen and oxygen atoms in total. The highest BCUT2D eigenvalue weighted by Gasteiger charge is 2.42. The third-order valence-corrected chi connectivity index (χ3v) is 5.70. The van der Waals surface area contributed by atoms with Gasteiger partial charge in [-0.15, -0.1) is 0 Å².